The third-order valence-electron chi connectivity index (χ3n) is 4.00. The highest BCUT2D eigenvalue weighted by molar-refractivity contribution is 5.51. The van der Waals surface area contributed by atoms with Crippen molar-refractivity contribution in [3.8, 4) is 5.75 Å². The molecule has 0 fully saturated rings. The highest BCUT2D eigenvalue weighted by atomic mass is 16.5. The summed E-state index contributed by atoms with van der Waals surface area (Å²) in [6, 6.07) is 6.96. The van der Waals surface area contributed by atoms with Gasteiger partial charge in [0.2, 0.25) is 0 Å². The number of ether oxygens (including phenoxy) is 1. The summed E-state index contributed by atoms with van der Waals surface area (Å²) in [7, 11) is 1.55. The van der Waals surface area contributed by atoms with Crippen molar-refractivity contribution in [2.24, 2.45) is 0 Å². The Bertz CT molecular complexity index is 1250. The quantitative estimate of drug-likeness (QED) is 0.635. The highest BCUT2D eigenvalue weighted by Crippen LogP contribution is 2.22. The number of rotatable bonds is 3. The molecule has 3 N–H and O–H groups in total. The van der Waals surface area contributed by atoms with Gasteiger partial charge in [-0.05, 0) is 29.8 Å². The van der Waals surface area contributed by atoms with E-state index in [1.54, 1.807) is 37.5 Å². The Morgan fingerprint density at radius 1 is 1.15 bits per heavy atom. The molecule has 0 atom stereocenters. The molecule has 0 spiro atoms. The molecule has 0 saturated carbocycles. The summed E-state index contributed by atoms with van der Waals surface area (Å²) in [6.45, 7) is 5.91. The number of aromatic nitrogens is 4. The van der Waals surface area contributed by atoms with E-state index < -0.39 is 11.1 Å². The van der Waals surface area contributed by atoms with Crippen LogP contribution in [0.4, 0.5) is 0 Å². The highest BCUT2D eigenvalue weighted by Gasteiger charge is 2.19. The Labute approximate surface area is 156 Å². The van der Waals surface area contributed by atoms with Crippen LogP contribution in [0.3, 0.4) is 0 Å². The van der Waals surface area contributed by atoms with Gasteiger partial charge in [-0.25, -0.2) is 4.98 Å². The van der Waals surface area contributed by atoms with Gasteiger partial charge in [0.05, 0.1) is 20.5 Å². The number of imidazole rings is 1. The maximum atomic E-state index is 12.6. The van der Waals surface area contributed by atoms with Crippen molar-refractivity contribution in [3.63, 3.8) is 0 Å². The predicted octanol–water partition coefficient (Wildman–Crippen LogP) is 0.750. The van der Waals surface area contributed by atoms with Crippen LogP contribution in [0, 0.1) is 0 Å². The van der Waals surface area contributed by atoms with Crippen LogP contribution < -0.4 is 26.6 Å². The molecule has 0 radical (unpaired) electrons. The maximum absolute atomic E-state index is 12.6. The van der Waals surface area contributed by atoms with E-state index in [0.717, 1.165) is 0 Å². The zero-order chi connectivity index (χ0) is 20.5. The van der Waals surface area contributed by atoms with Crippen LogP contribution in [0.5, 0.6) is 5.75 Å². The molecular formula is C20H22N4O3. The first kappa shape index (κ1) is 17.1. The van der Waals surface area contributed by atoms with E-state index in [0.29, 0.717) is 22.7 Å². The van der Waals surface area contributed by atoms with Gasteiger partial charge in [0.25, 0.3) is 11.1 Å². The summed E-state index contributed by atoms with van der Waals surface area (Å²) < 4.78 is 13.6. The second-order valence-corrected chi connectivity index (χ2v) is 7.12. The second kappa shape index (κ2) is 7.11. The number of hydrogen-bond donors (Lipinski definition) is 3. The lowest BCUT2D eigenvalue weighted by Crippen LogP contribution is -2.46. The van der Waals surface area contributed by atoms with Gasteiger partial charge in [0.1, 0.15) is 16.4 Å². The summed E-state index contributed by atoms with van der Waals surface area (Å²) >= 11 is 0. The normalized spacial score (nSPS) is 14.1. The number of nitrogens with one attached hydrogen (secondary N) is 3. The molecule has 3 aromatic rings. The minimum atomic E-state index is -0.568. The van der Waals surface area contributed by atoms with Gasteiger partial charge in [-0.3, -0.25) is 9.59 Å². The van der Waals surface area contributed by atoms with Crippen molar-refractivity contribution < 1.29 is 6.11 Å². The third kappa shape index (κ3) is 4.08. The number of benzene rings is 1. The SMILES string of the molecule is [2H]/C(c1nc[nH]c1C(C)(C)C)=c1/[nH]c(=O)/c(=C/c2cccc(OC)c2)[nH]c1=O. The number of aromatic amines is 3. The largest absolute Gasteiger partial charge is 0.497 e. The van der Waals surface area contributed by atoms with E-state index in [9.17, 15) is 9.59 Å². The predicted molar refractivity (Wildman–Crippen MR) is 104 cm³/mol. The monoisotopic (exact) mass is 367 g/mol. The first-order valence-corrected chi connectivity index (χ1v) is 8.44. The minimum Gasteiger partial charge on any atom is -0.497 e. The first-order valence-electron chi connectivity index (χ1n) is 8.94. The topological polar surface area (TPSA) is 104 Å². The van der Waals surface area contributed by atoms with Crippen molar-refractivity contribution in [1.29, 1.82) is 0 Å². The van der Waals surface area contributed by atoms with E-state index in [-0.39, 0.29) is 22.2 Å². The first-order chi connectivity index (χ1) is 13.2. The standard InChI is InChI=1S/C20H22N4O3/c1-20(2,3)17-14(21-11-22-17)10-16-19(26)23-15(18(25)24-16)9-12-6-5-7-13(8-12)27-4/h5-11H,1-4H3,(H,21,22)(H,23,26)(H,24,25)/b15-9-,16-10-/i10D. The fourth-order valence-electron chi connectivity index (χ4n) is 2.65. The molecule has 0 aliphatic carbocycles. The number of methoxy groups -OCH3 is 1. The molecule has 0 saturated heterocycles. The van der Waals surface area contributed by atoms with Crippen molar-refractivity contribution >= 4 is 12.1 Å². The molecular weight excluding hydrogens is 344 g/mol. The van der Waals surface area contributed by atoms with Gasteiger partial charge in [-0.15, -0.1) is 0 Å². The van der Waals surface area contributed by atoms with Gasteiger partial charge >= 0.3 is 0 Å². The van der Waals surface area contributed by atoms with E-state index in [2.05, 4.69) is 19.9 Å². The summed E-state index contributed by atoms with van der Waals surface area (Å²) in [6.07, 6.45) is 3.02. The molecule has 7 nitrogen and oxygen atoms in total. The molecule has 0 unspecified atom stereocenters. The Morgan fingerprint density at radius 2 is 1.85 bits per heavy atom. The molecule has 27 heavy (non-hydrogen) atoms. The van der Waals surface area contributed by atoms with Crippen LogP contribution in [0.2, 0.25) is 0 Å². The molecule has 0 amide bonds. The fourth-order valence-corrected chi connectivity index (χ4v) is 2.65. The summed E-state index contributed by atoms with van der Waals surface area (Å²) in [5.41, 5.74) is 0.371. The van der Waals surface area contributed by atoms with Crippen molar-refractivity contribution in [3.05, 3.63) is 78.9 Å². The minimum absolute atomic E-state index is 0.0906. The average molecular weight is 367 g/mol. The van der Waals surface area contributed by atoms with Crippen LogP contribution in [0.25, 0.3) is 12.1 Å². The lowest BCUT2D eigenvalue weighted by atomic mass is 9.90. The van der Waals surface area contributed by atoms with Gasteiger partial charge in [0, 0.05) is 11.1 Å². The van der Waals surface area contributed by atoms with Crippen molar-refractivity contribution in [2.75, 3.05) is 7.11 Å². The molecule has 0 aliphatic heterocycles. The lowest BCUT2D eigenvalue weighted by molar-refractivity contribution is 0.414. The third-order valence-corrected chi connectivity index (χ3v) is 4.00. The van der Waals surface area contributed by atoms with E-state index in [1.165, 1.54) is 6.33 Å². The molecule has 3 rings (SSSR count). The average Bonchev–Trinajstić information content (AvgIpc) is 3.14. The fraction of sp³-hybridized carbons (Fsp3) is 0.250. The zero-order valence-corrected chi connectivity index (χ0v) is 15.6. The molecule has 0 bridgehead atoms. The summed E-state index contributed by atoms with van der Waals surface area (Å²) in [5, 5.41) is -0.0433. The smallest absolute Gasteiger partial charge is 0.272 e. The maximum Gasteiger partial charge on any atom is 0.272 e. The second-order valence-electron chi connectivity index (χ2n) is 7.12. The zero-order valence-electron chi connectivity index (χ0n) is 16.6. The molecule has 1 aromatic carbocycles. The Balaban J connectivity index is 2.19. The van der Waals surface area contributed by atoms with Crippen LogP contribution in [0.1, 0.15) is 39.1 Å². The van der Waals surface area contributed by atoms with Gasteiger partial charge in [-0.2, -0.15) is 0 Å². The van der Waals surface area contributed by atoms with Gasteiger partial charge < -0.3 is 19.7 Å². The molecule has 2 aromatic heterocycles. The lowest BCUT2D eigenvalue weighted by Gasteiger charge is -2.16. The van der Waals surface area contributed by atoms with Crippen LogP contribution >= 0.6 is 0 Å². The Hall–Kier alpha value is -3.35. The molecule has 0 aliphatic rings. The molecule has 2 heterocycles. The number of H-pyrrole nitrogens is 3. The number of nitrogens with zero attached hydrogens (tertiary/aromatic N) is 1. The van der Waals surface area contributed by atoms with E-state index in [4.69, 9.17) is 6.11 Å². The number of hydrogen-bond acceptors (Lipinski definition) is 4. The van der Waals surface area contributed by atoms with Gasteiger partial charge in [-0.1, -0.05) is 32.9 Å². The molecule has 140 valence electrons. The van der Waals surface area contributed by atoms with Crippen LogP contribution in [-0.4, -0.2) is 27.0 Å². The van der Waals surface area contributed by atoms with E-state index in [1.807, 2.05) is 20.8 Å². The van der Waals surface area contributed by atoms with Crippen LogP contribution in [-0.2, 0) is 5.41 Å². The van der Waals surface area contributed by atoms with Crippen molar-refractivity contribution in [2.45, 2.75) is 26.2 Å². The van der Waals surface area contributed by atoms with Gasteiger partial charge in [0.15, 0.2) is 0 Å². The van der Waals surface area contributed by atoms with Crippen molar-refractivity contribution in [1.82, 2.24) is 19.9 Å². The molecule has 7 heteroatoms. The summed E-state index contributed by atoms with van der Waals surface area (Å²) in [5.74, 6) is 0.638. The van der Waals surface area contributed by atoms with Crippen LogP contribution in [0.15, 0.2) is 40.2 Å². The Kier molecular flexibility index (Phi) is 4.50. The Morgan fingerprint density at radius 3 is 2.56 bits per heavy atom. The van der Waals surface area contributed by atoms with E-state index >= 15 is 0 Å². The summed E-state index contributed by atoms with van der Waals surface area (Å²) in [4.78, 5) is 37.3.